The van der Waals surface area contributed by atoms with Crippen LogP contribution in [0.3, 0.4) is 0 Å². The molecule has 0 radical (unpaired) electrons. The minimum Gasteiger partial charge on any atom is -0.298 e. The lowest BCUT2D eigenvalue weighted by Crippen LogP contribution is -2.17. The first-order chi connectivity index (χ1) is 12.4. The molecule has 142 valence electrons. The third kappa shape index (κ3) is 5.69. The van der Waals surface area contributed by atoms with Crippen LogP contribution in [0.2, 0.25) is 0 Å². The summed E-state index contributed by atoms with van der Waals surface area (Å²) >= 11 is 0. The van der Waals surface area contributed by atoms with Crippen LogP contribution in [0.25, 0.3) is 16.8 Å². The molecule has 0 N–H and O–H groups in total. The Bertz CT molecular complexity index is 883. The summed E-state index contributed by atoms with van der Waals surface area (Å²) in [6, 6.07) is 24.1. The van der Waals surface area contributed by atoms with Crippen molar-refractivity contribution in [3.05, 3.63) is 89.5 Å². The minimum absolute atomic E-state index is 0. The van der Waals surface area contributed by atoms with E-state index in [9.17, 15) is 0 Å². The zero-order valence-corrected chi connectivity index (χ0v) is 17.6. The quantitative estimate of drug-likeness (QED) is 0.476. The standard InChI is InChI=1S/C25H29N.ClH/c1-25(2,3)23-16-14-20(15-17-23)9-8-18-26(4)19-22-12-7-11-21-10-5-6-13-24(21)22;/h5-17H,18-19H2,1-4H3;1H/b9-8+;. The molecule has 0 saturated carbocycles. The molecule has 0 aromatic heterocycles. The maximum atomic E-state index is 2.35. The zero-order chi connectivity index (χ0) is 18.6. The van der Waals surface area contributed by atoms with Crippen molar-refractivity contribution in [3.8, 4) is 0 Å². The Morgan fingerprint density at radius 1 is 0.852 bits per heavy atom. The Morgan fingerprint density at radius 3 is 2.22 bits per heavy atom. The Kier molecular flexibility index (Phi) is 7.24. The molecule has 0 unspecified atom stereocenters. The van der Waals surface area contributed by atoms with Crippen molar-refractivity contribution in [3.63, 3.8) is 0 Å². The molecule has 0 spiro atoms. The van der Waals surface area contributed by atoms with Gasteiger partial charge in [0, 0.05) is 13.1 Å². The molecule has 3 aromatic carbocycles. The van der Waals surface area contributed by atoms with Crippen molar-refractivity contribution in [2.75, 3.05) is 13.6 Å². The van der Waals surface area contributed by atoms with E-state index in [1.165, 1.54) is 27.5 Å². The first-order valence-corrected chi connectivity index (χ1v) is 9.36. The average molecular weight is 380 g/mol. The number of rotatable bonds is 5. The summed E-state index contributed by atoms with van der Waals surface area (Å²) in [5.41, 5.74) is 4.23. The molecular weight excluding hydrogens is 350 g/mol. The summed E-state index contributed by atoms with van der Waals surface area (Å²) < 4.78 is 0. The van der Waals surface area contributed by atoms with Gasteiger partial charge in [-0.3, -0.25) is 4.90 Å². The van der Waals surface area contributed by atoms with Crippen LogP contribution in [-0.2, 0) is 12.0 Å². The summed E-state index contributed by atoms with van der Waals surface area (Å²) in [5.74, 6) is 0. The summed E-state index contributed by atoms with van der Waals surface area (Å²) in [5, 5.41) is 2.66. The van der Waals surface area contributed by atoms with Gasteiger partial charge in [-0.15, -0.1) is 12.4 Å². The van der Waals surface area contributed by atoms with Crippen molar-refractivity contribution in [2.45, 2.75) is 32.7 Å². The topological polar surface area (TPSA) is 3.24 Å². The first kappa shape index (κ1) is 21.2. The Morgan fingerprint density at radius 2 is 1.52 bits per heavy atom. The van der Waals surface area contributed by atoms with Crippen LogP contribution in [0, 0.1) is 0 Å². The lowest BCUT2D eigenvalue weighted by atomic mass is 9.87. The van der Waals surface area contributed by atoms with Gasteiger partial charge in [-0.2, -0.15) is 0 Å². The number of benzene rings is 3. The first-order valence-electron chi connectivity index (χ1n) is 9.36. The molecule has 0 saturated heterocycles. The van der Waals surface area contributed by atoms with Gasteiger partial charge in [0.2, 0.25) is 0 Å². The summed E-state index contributed by atoms with van der Waals surface area (Å²) in [7, 11) is 2.18. The highest BCUT2D eigenvalue weighted by Gasteiger charge is 2.12. The van der Waals surface area contributed by atoms with E-state index in [-0.39, 0.29) is 17.8 Å². The molecule has 0 bridgehead atoms. The second-order valence-corrected chi connectivity index (χ2v) is 8.11. The molecule has 0 atom stereocenters. The number of halogens is 1. The predicted octanol–water partition coefficient (Wildman–Crippen LogP) is 6.70. The predicted molar refractivity (Wildman–Crippen MR) is 122 cm³/mol. The van der Waals surface area contributed by atoms with Crippen LogP contribution in [0.4, 0.5) is 0 Å². The van der Waals surface area contributed by atoms with Gasteiger partial charge in [-0.05, 0) is 39.9 Å². The summed E-state index contributed by atoms with van der Waals surface area (Å²) in [4.78, 5) is 2.35. The SMILES string of the molecule is CN(C/C=C/c1ccc(C(C)(C)C)cc1)Cc1cccc2ccccc12.Cl. The largest absolute Gasteiger partial charge is 0.298 e. The van der Waals surface area contributed by atoms with E-state index in [1.807, 2.05) is 0 Å². The smallest absolute Gasteiger partial charge is 0.0240 e. The fourth-order valence-corrected chi connectivity index (χ4v) is 3.25. The Labute approximate surface area is 170 Å². The molecule has 0 aliphatic carbocycles. The zero-order valence-electron chi connectivity index (χ0n) is 16.8. The summed E-state index contributed by atoms with van der Waals surface area (Å²) in [6.45, 7) is 8.64. The third-order valence-corrected chi connectivity index (χ3v) is 4.82. The molecule has 1 nitrogen and oxygen atoms in total. The van der Waals surface area contributed by atoms with Crippen LogP contribution in [-0.4, -0.2) is 18.5 Å². The maximum Gasteiger partial charge on any atom is 0.0240 e. The van der Waals surface area contributed by atoms with E-state index in [4.69, 9.17) is 0 Å². The molecule has 3 aromatic rings. The van der Waals surface area contributed by atoms with Crippen LogP contribution in [0.15, 0.2) is 72.8 Å². The van der Waals surface area contributed by atoms with Crippen molar-refractivity contribution < 1.29 is 0 Å². The maximum absolute atomic E-state index is 2.35. The lowest BCUT2D eigenvalue weighted by molar-refractivity contribution is 0.365. The van der Waals surface area contributed by atoms with Gasteiger partial charge in [0.15, 0.2) is 0 Å². The van der Waals surface area contributed by atoms with Gasteiger partial charge in [0.05, 0.1) is 0 Å². The minimum atomic E-state index is 0. The average Bonchev–Trinajstić information content (AvgIpc) is 2.62. The van der Waals surface area contributed by atoms with Gasteiger partial charge >= 0.3 is 0 Å². The van der Waals surface area contributed by atoms with Gasteiger partial charge in [0.1, 0.15) is 0 Å². The van der Waals surface area contributed by atoms with E-state index in [2.05, 4.69) is 112 Å². The van der Waals surface area contributed by atoms with E-state index in [0.717, 1.165) is 13.1 Å². The van der Waals surface area contributed by atoms with Crippen molar-refractivity contribution in [2.24, 2.45) is 0 Å². The molecule has 2 heteroatoms. The van der Waals surface area contributed by atoms with Crippen LogP contribution in [0.5, 0.6) is 0 Å². The fraction of sp³-hybridized carbons (Fsp3) is 0.280. The van der Waals surface area contributed by atoms with Crippen molar-refractivity contribution in [1.29, 1.82) is 0 Å². The van der Waals surface area contributed by atoms with Crippen LogP contribution < -0.4 is 0 Å². The second-order valence-electron chi connectivity index (χ2n) is 8.11. The highest BCUT2D eigenvalue weighted by atomic mass is 35.5. The molecule has 0 heterocycles. The molecule has 3 rings (SSSR count). The number of fused-ring (bicyclic) bond motifs is 1. The second kappa shape index (κ2) is 9.21. The number of hydrogen-bond donors (Lipinski definition) is 0. The highest BCUT2D eigenvalue weighted by Crippen LogP contribution is 2.22. The van der Waals surface area contributed by atoms with E-state index in [1.54, 1.807) is 0 Å². The highest BCUT2D eigenvalue weighted by molar-refractivity contribution is 5.86. The molecule has 27 heavy (non-hydrogen) atoms. The van der Waals surface area contributed by atoms with Crippen LogP contribution in [0.1, 0.15) is 37.5 Å². The van der Waals surface area contributed by atoms with E-state index in [0.29, 0.717) is 0 Å². The van der Waals surface area contributed by atoms with E-state index < -0.39 is 0 Å². The lowest BCUT2D eigenvalue weighted by Gasteiger charge is -2.18. The normalized spacial score (nSPS) is 11.9. The van der Waals surface area contributed by atoms with Gasteiger partial charge in [-0.1, -0.05) is 99.7 Å². The van der Waals surface area contributed by atoms with Gasteiger partial charge < -0.3 is 0 Å². The molecule has 0 aliphatic heterocycles. The Hall–Kier alpha value is -2.09. The van der Waals surface area contributed by atoms with Gasteiger partial charge in [0.25, 0.3) is 0 Å². The van der Waals surface area contributed by atoms with Gasteiger partial charge in [-0.25, -0.2) is 0 Å². The molecule has 0 fully saturated rings. The molecular formula is C25H30ClN. The van der Waals surface area contributed by atoms with Crippen molar-refractivity contribution in [1.82, 2.24) is 4.90 Å². The third-order valence-electron chi connectivity index (χ3n) is 4.82. The monoisotopic (exact) mass is 379 g/mol. The summed E-state index contributed by atoms with van der Waals surface area (Å²) in [6.07, 6.45) is 4.46. The van der Waals surface area contributed by atoms with Crippen molar-refractivity contribution >= 4 is 29.3 Å². The number of likely N-dealkylation sites (N-methyl/N-ethyl adjacent to an activating group) is 1. The number of nitrogens with zero attached hydrogens (tertiary/aromatic N) is 1. The number of hydrogen-bond acceptors (Lipinski definition) is 1. The molecule has 0 amide bonds. The fourth-order valence-electron chi connectivity index (χ4n) is 3.25. The van der Waals surface area contributed by atoms with E-state index >= 15 is 0 Å². The van der Waals surface area contributed by atoms with Crippen LogP contribution >= 0.6 is 12.4 Å². The Balaban J connectivity index is 0.00000261. The molecule has 0 aliphatic rings.